The number of hydrogen-bond acceptors (Lipinski definition) is 0. The van der Waals surface area contributed by atoms with Crippen LogP contribution < -0.4 is 0 Å². The first-order valence-corrected chi connectivity index (χ1v) is 17.1. The maximum Gasteiger partial charge on any atom is 0.0541 e. The number of benzene rings is 6. The van der Waals surface area contributed by atoms with Gasteiger partial charge in [0.25, 0.3) is 0 Å². The zero-order valence-electron chi connectivity index (χ0n) is 28.6. The maximum absolute atomic E-state index is 4.27. The number of rotatable bonds is 6. The van der Waals surface area contributed by atoms with Crippen LogP contribution in [0.3, 0.4) is 0 Å². The van der Waals surface area contributed by atoms with E-state index in [0.717, 1.165) is 16.9 Å². The van der Waals surface area contributed by atoms with Crippen molar-refractivity contribution in [2.75, 3.05) is 0 Å². The van der Waals surface area contributed by atoms with Crippen molar-refractivity contribution in [3.63, 3.8) is 0 Å². The Morgan fingerprint density at radius 2 is 1.06 bits per heavy atom. The van der Waals surface area contributed by atoms with Crippen LogP contribution in [0.1, 0.15) is 44.5 Å². The van der Waals surface area contributed by atoms with Gasteiger partial charge in [-0.05, 0) is 107 Å². The summed E-state index contributed by atoms with van der Waals surface area (Å²) in [6.45, 7) is 13.2. The molecule has 8 aromatic rings. The largest absolute Gasteiger partial charge is 0.309 e. The Morgan fingerprint density at radius 1 is 0.510 bits per heavy atom. The van der Waals surface area contributed by atoms with Crippen molar-refractivity contribution in [3.8, 4) is 33.6 Å². The van der Waals surface area contributed by atoms with Crippen molar-refractivity contribution in [2.24, 2.45) is 0 Å². The fraction of sp³-hybridized carbons (Fsp3) is 0.106. The molecule has 0 spiro atoms. The third-order valence-corrected chi connectivity index (χ3v) is 9.76. The van der Waals surface area contributed by atoms with Gasteiger partial charge >= 0.3 is 0 Å². The zero-order chi connectivity index (χ0) is 33.7. The lowest BCUT2D eigenvalue weighted by Gasteiger charge is -2.19. The fourth-order valence-electron chi connectivity index (χ4n) is 7.32. The van der Waals surface area contributed by atoms with Crippen LogP contribution >= 0.6 is 0 Å². The Bertz CT molecular complexity index is 2530. The van der Waals surface area contributed by atoms with Crippen molar-refractivity contribution in [3.05, 3.63) is 169 Å². The van der Waals surface area contributed by atoms with Gasteiger partial charge in [-0.2, -0.15) is 0 Å². The third-order valence-electron chi connectivity index (χ3n) is 9.76. The molecule has 8 rings (SSSR count). The van der Waals surface area contributed by atoms with Crippen LogP contribution in [0.25, 0.3) is 78.5 Å². The Balaban J connectivity index is 1.33. The summed E-state index contributed by atoms with van der Waals surface area (Å²) >= 11 is 0. The van der Waals surface area contributed by atoms with E-state index in [1.807, 2.05) is 6.08 Å². The van der Waals surface area contributed by atoms with Crippen molar-refractivity contribution in [2.45, 2.75) is 33.1 Å². The smallest absolute Gasteiger partial charge is 0.0541 e. The van der Waals surface area contributed by atoms with Crippen LogP contribution in [0.4, 0.5) is 0 Å². The van der Waals surface area contributed by atoms with E-state index < -0.39 is 0 Å². The summed E-state index contributed by atoms with van der Waals surface area (Å²) in [7, 11) is 0. The first-order valence-electron chi connectivity index (χ1n) is 17.1. The van der Waals surface area contributed by atoms with Gasteiger partial charge in [-0.1, -0.05) is 118 Å². The first kappa shape index (κ1) is 30.5. The highest BCUT2D eigenvalue weighted by molar-refractivity contribution is 6.11. The molecule has 0 N–H and O–H groups in total. The van der Waals surface area contributed by atoms with E-state index >= 15 is 0 Å². The molecule has 49 heavy (non-hydrogen) atoms. The maximum atomic E-state index is 4.27. The number of fused-ring (bicyclic) bond motifs is 4. The van der Waals surface area contributed by atoms with Crippen LogP contribution in [-0.4, -0.2) is 9.13 Å². The zero-order valence-corrected chi connectivity index (χ0v) is 28.6. The van der Waals surface area contributed by atoms with Gasteiger partial charge in [0.1, 0.15) is 0 Å². The highest BCUT2D eigenvalue weighted by Crippen LogP contribution is 2.39. The predicted molar refractivity (Wildman–Crippen MR) is 212 cm³/mol. The molecule has 0 radical (unpaired) electrons. The standard InChI is InChI=1S/C47H40N2/c1-6-15-39-40-29-34(22-25-44(40)49(43(39)7-2)38-21-14-18-33(28-38)32-16-10-8-11-17-32)35-23-26-45-41(30-35)42-31-36(47(3,4)5)24-27-46(42)48(45)37-19-12-9-13-20-37/h6-31H,2H2,1,3-5H3/b15-6-. The molecule has 0 atom stereocenters. The molecule has 0 saturated carbocycles. The minimum absolute atomic E-state index is 0.0534. The summed E-state index contributed by atoms with van der Waals surface area (Å²) in [5.41, 5.74) is 14.3. The van der Waals surface area contributed by atoms with E-state index in [0.29, 0.717) is 0 Å². The van der Waals surface area contributed by atoms with E-state index in [2.05, 4.69) is 195 Å². The molecule has 2 nitrogen and oxygen atoms in total. The molecule has 0 amide bonds. The average molecular weight is 633 g/mol. The molecule has 0 saturated heterocycles. The van der Waals surface area contributed by atoms with E-state index in [-0.39, 0.29) is 5.41 Å². The molecule has 6 aromatic carbocycles. The molecule has 2 aromatic heterocycles. The minimum atomic E-state index is 0.0534. The van der Waals surface area contributed by atoms with Gasteiger partial charge in [0.05, 0.1) is 22.2 Å². The third kappa shape index (κ3) is 5.21. The summed E-state index contributed by atoms with van der Waals surface area (Å²) < 4.78 is 4.74. The van der Waals surface area contributed by atoms with Crippen LogP contribution in [0.5, 0.6) is 0 Å². The SMILES string of the molecule is C=Cc1c(/C=C\C)c2cc(-c3ccc4c(c3)c3cc(C(C)(C)C)ccc3n4-c3ccccc3)ccc2n1-c1cccc(-c2ccccc2)c1. The molecular weight excluding hydrogens is 593 g/mol. The molecule has 2 heterocycles. The molecular formula is C47H40N2. The van der Waals surface area contributed by atoms with E-state index in [1.165, 1.54) is 66.3 Å². The second-order valence-corrected chi connectivity index (χ2v) is 13.9. The normalized spacial score (nSPS) is 12.1. The lowest BCUT2D eigenvalue weighted by atomic mass is 9.86. The quantitative estimate of drug-likeness (QED) is 0.173. The molecule has 0 bridgehead atoms. The van der Waals surface area contributed by atoms with E-state index in [9.17, 15) is 0 Å². The predicted octanol–water partition coefficient (Wildman–Crippen LogP) is 13.0. The molecule has 238 valence electrons. The number of allylic oxidation sites excluding steroid dienone is 1. The molecule has 0 aliphatic heterocycles. The minimum Gasteiger partial charge on any atom is -0.309 e. The monoisotopic (exact) mass is 632 g/mol. The molecule has 0 aliphatic rings. The second-order valence-electron chi connectivity index (χ2n) is 13.9. The summed E-state index contributed by atoms with van der Waals surface area (Å²) in [6, 6.07) is 50.9. The van der Waals surface area contributed by atoms with Crippen LogP contribution in [0.15, 0.2) is 152 Å². The van der Waals surface area contributed by atoms with Gasteiger partial charge < -0.3 is 9.13 Å². The number of nitrogens with zero attached hydrogens (tertiary/aromatic N) is 2. The molecule has 0 aliphatic carbocycles. The summed E-state index contributed by atoms with van der Waals surface area (Å²) in [5.74, 6) is 0. The topological polar surface area (TPSA) is 9.86 Å². The lowest BCUT2D eigenvalue weighted by Crippen LogP contribution is -2.10. The Morgan fingerprint density at radius 3 is 1.71 bits per heavy atom. The molecule has 2 heteroatoms. The van der Waals surface area contributed by atoms with E-state index in [4.69, 9.17) is 0 Å². The van der Waals surface area contributed by atoms with Crippen molar-refractivity contribution in [1.29, 1.82) is 0 Å². The van der Waals surface area contributed by atoms with Crippen LogP contribution in [-0.2, 0) is 5.41 Å². The van der Waals surface area contributed by atoms with Crippen molar-refractivity contribution < 1.29 is 0 Å². The van der Waals surface area contributed by atoms with Gasteiger partial charge in [0.15, 0.2) is 0 Å². The first-order chi connectivity index (χ1) is 23.9. The number of aromatic nitrogens is 2. The van der Waals surface area contributed by atoms with Crippen molar-refractivity contribution in [1.82, 2.24) is 9.13 Å². The van der Waals surface area contributed by atoms with Crippen molar-refractivity contribution >= 4 is 44.9 Å². The van der Waals surface area contributed by atoms with E-state index in [1.54, 1.807) is 0 Å². The molecule has 0 fully saturated rings. The highest BCUT2D eigenvalue weighted by Gasteiger charge is 2.20. The average Bonchev–Trinajstić information content (AvgIpc) is 3.63. The Labute approximate surface area is 288 Å². The van der Waals surface area contributed by atoms with Gasteiger partial charge in [-0.3, -0.25) is 0 Å². The summed E-state index contributed by atoms with van der Waals surface area (Å²) in [5, 5.41) is 3.75. The fourth-order valence-corrected chi connectivity index (χ4v) is 7.32. The number of para-hydroxylation sites is 1. The number of hydrogen-bond donors (Lipinski definition) is 0. The Kier molecular flexibility index (Phi) is 7.45. The molecule has 0 unspecified atom stereocenters. The van der Waals surface area contributed by atoms with Gasteiger partial charge in [-0.15, -0.1) is 0 Å². The van der Waals surface area contributed by atoms with Gasteiger partial charge in [-0.25, -0.2) is 0 Å². The second kappa shape index (κ2) is 12.0. The van der Waals surface area contributed by atoms with Crippen LogP contribution in [0, 0.1) is 0 Å². The lowest BCUT2D eigenvalue weighted by molar-refractivity contribution is 0.591. The van der Waals surface area contributed by atoms with Gasteiger partial charge in [0, 0.05) is 33.1 Å². The van der Waals surface area contributed by atoms with Crippen LogP contribution in [0.2, 0.25) is 0 Å². The van der Waals surface area contributed by atoms with Gasteiger partial charge in [0.2, 0.25) is 0 Å². The summed E-state index contributed by atoms with van der Waals surface area (Å²) in [6.07, 6.45) is 6.32. The Hall–Kier alpha value is -5.86. The summed E-state index contributed by atoms with van der Waals surface area (Å²) in [4.78, 5) is 0. The highest BCUT2D eigenvalue weighted by atomic mass is 15.0.